The number of halogens is 1. The Balaban J connectivity index is 1.90. The lowest BCUT2D eigenvalue weighted by Crippen LogP contribution is -2.42. The second-order valence-electron chi connectivity index (χ2n) is 6.91. The van der Waals surface area contributed by atoms with Gasteiger partial charge in [-0.3, -0.25) is 14.5 Å². The fourth-order valence-corrected chi connectivity index (χ4v) is 3.09. The number of hydrogen-bond donors (Lipinski definition) is 2. The SMILES string of the molecule is CCCN(CC(=O)Nc1ccccc1C)CC(=O)N[C@H](C)c1ccc(Cl)cc1. The molecule has 0 aliphatic rings. The van der Waals surface area contributed by atoms with E-state index >= 15 is 0 Å². The van der Waals surface area contributed by atoms with Crippen LogP contribution in [0.25, 0.3) is 0 Å². The molecule has 2 aromatic carbocycles. The van der Waals surface area contributed by atoms with Gasteiger partial charge in [0.2, 0.25) is 11.8 Å². The monoisotopic (exact) mass is 401 g/mol. The first-order valence-electron chi connectivity index (χ1n) is 9.51. The molecule has 6 heteroatoms. The summed E-state index contributed by atoms with van der Waals surface area (Å²) in [6, 6.07) is 14.9. The topological polar surface area (TPSA) is 61.4 Å². The summed E-state index contributed by atoms with van der Waals surface area (Å²) in [6.07, 6.45) is 0.859. The average Bonchev–Trinajstić information content (AvgIpc) is 2.64. The van der Waals surface area contributed by atoms with E-state index < -0.39 is 0 Å². The molecule has 0 fully saturated rings. The van der Waals surface area contributed by atoms with Crippen LogP contribution in [0.5, 0.6) is 0 Å². The molecular formula is C22H28ClN3O2. The van der Waals surface area contributed by atoms with Gasteiger partial charge in [-0.15, -0.1) is 0 Å². The molecular weight excluding hydrogens is 374 g/mol. The summed E-state index contributed by atoms with van der Waals surface area (Å²) in [5.74, 6) is -0.235. The van der Waals surface area contributed by atoms with Crippen LogP contribution in [0.4, 0.5) is 5.69 Å². The minimum atomic E-state index is -0.131. The molecule has 0 unspecified atom stereocenters. The summed E-state index contributed by atoms with van der Waals surface area (Å²) in [5.41, 5.74) is 2.79. The third kappa shape index (κ3) is 6.98. The lowest BCUT2D eigenvalue weighted by molar-refractivity contribution is -0.124. The van der Waals surface area contributed by atoms with E-state index in [-0.39, 0.29) is 30.9 Å². The van der Waals surface area contributed by atoms with E-state index in [2.05, 4.69) is 10.6 Å². The van der Waals surface area contributed by atoms with Crippen LogP contribution in [0.2, 0.25) is 5.02 Å². The summed E-state index contributed by atoms with van der Waals surface area (Å²) in [5, 5.41) is 6.56. The highest BCUT2D eigenvalue weighted by atomic mass is 35.5. The van der Waals surface area contributed by atoms with E-state index in [4.69, 9.17) is 11.6 Å². The molecule has 1 atom stereocenters. The zero-order chi connectivity index (χ0) is 20.5. The maximum atomic E-state index is 12.5. The zero-order valence-electron chi connectivity index (χ0n) is 16.7. The number of aryl methyl sites for hydroxylation is 1. The van der Waals surface area contributed by atoms with E-state index in [0.717, 1.165) is 23.2 Å². The van der Waals surface area contributed by atoms with Crippen LogP contribution < -0.4 is 10.6 Å². The normalized spacial score (nSPS) is 11.9. The maximum Gasteiger partial charge on any atom is 0.238 e. The van der Waals surface area contributed by atoms with Crippen LogP contribution in [0, 0.1) is 6.92 Å². The van der Waals surface area contributed by atoms with Crippen molar-refractivity contribution in [3.8, 4) is 0 Å². The predicted molar refractivity (Wildman–Crippen MR) is 115 cm³/mol. The van der Waals surface area contributed by atoms with E-state index in [9.17, 15) is 9.59 Å². The molecule has 2 aromatic rings. The lowest BCUT2D eigenvalue weighted by Gasteiger charge is -2.22. The molecule has 2 N–H and O–H groups in total. The molecule has 0 aliphatic heterocycles. The Bertz CT molecular complexity index is 793. The first-order valence-corrected chi connectivity index (χ1v) is 9.89. The molecule has 5 nitrogen and oxygen atoms in total. The fourth-order valence-electron chi connectivity index (χ4n) is 2.96. The van der Waals surface area contributed by atoms with Gasteiger partial charge in [0.05, 0.1) is 19.1 Å². The molecule has 2 amide bonds. The summed E-state index contributed by atoms with van der Waals surface area (Å²) < 4.78 is 0. The molecule has 0 spiro atoms. The van der Waals surface area contributed by atoms with Crippen molar-refractivity contribution in [1.82, 2.24) is 10.2 Å². The van der Waals surface area contributed by atoms with Gasteiger partial charge in [0, 0.05) is 10.7 Å². The van der Waals surface area contributed by atoms with Crippen molar-refractivity contribution in [3.05, 3.63) is 64.7 Å². The first kappa shape index (κ1) is 21.9. The molecule has 2 rings (SSSR count). The van der Waals surface area contributed by atoms with Crippen molar-refractivity contribution in [2.24, 2.45) is 0 Å². The number of nitrogens with zero attached hydrogens (tertiary/aromatic N) is 1. The van der Waals surface area contributed by atoms with Gasteiger partial charge in [0.25, 0.3) is 0 Å². The van der Waals surface area contributed by atoms with Gasteiger partial charge in [-0.25, -0.2) is 0 Å². The minimum absolute atomic E-state index is 0.111. The maximum absolute atomic E-state index is 12.5. The third-order valence-electron chi connectivity index (χ3n) is 4.44. The van der Waals surface area contributed by atoms with Crippen LogP contribution in [0.15, 0.2) is 48.5 Å². The summed E-state index contributed by atoms with van der Waals surface area (Å²) in [7, 11) is 0. The predicted octanol–water partition coefficient (Wildman–Crippen LogP) is 4.18. The smallest absolute Gasteiger partial charge is 0.238 e. The molecule has 0 saturated heterocycles. The van der Waals surface area contributed by atoms with Gasteiger partial charge in [-0.05, 0) is 56.1 Å². The van der Waals surface area contributed by atoms with Crippen molar-refractivity contribution in [1.29, 1.82) is 0 Å². The Hall–Kier alpha value is -2.37. The van der Waals surface area contributed by atoms with Crippen molar-refractivity contribution >= 4 is 29.1 Å². The number of amides is 2. The third-order valence-corrected chi connectivity index (χ3v) is 4.69. The number of carbonyl (C=O) groups is 2. The van der Waals surface area contributed by atoms with E-state index in [1.807, 2.05) is 62.1 Å². The number of para-hydroxylation sites is 1. The number of hydrogen-bond acceptors (Lipinski definition) is 3. The number of carbonyl (C=O) groups excluding carboxylic acids is 2. The van der Waals surface area contributed by atoms with Gasteiger partial charge in [0.15, 0.2) is 0 Å². The number of nitrogens with one attached hydrogen (secondary N) is 2. The Labute approximate surface area is 172 Å². The molecule has 0 aromatic heterocycles. The summed E-state index contributed by atoms with van der Waals surface area (Å²) in [4.78, 5) is 26.7. The fraction of sp³-hybridized carbons (Fsp3) is 0.364. The molecule has 0 radical (unpaired) electrons. The standard InChI is InChI=1S/C22H28ClN3O2/c1-4-13-26(15-22(28)25-20-8-6-5-7-16(20)2)14-21(27)24-17(3)18-9-11-19(23)12-10-18/h5-12,17H,4,13-15H2,1-3H3,(H,24,27)(H,25,28)/t17-/m1/s1. The van der Waals surface area contributed by atoms with Crippen molar-refractivity contribution < 1.29 is 9.59 Å². The van der Waals surface area contributed by atoms with Crippen LogP contribution >= 0.6 is 11.6 Å². The molecule has 0 saturated carbocycles. The van der Waals surface area contributed by atoms with Crippen molar-refractivity contribution in [2.45, 2.75) is 33.2 Å². The first-order chi connectivity index (χ1) is 13.4. The second-order valence-corrected chi connectivity index (χ2v) is 7.35. The van der Waals surface area contributed by atoms with Crippen LogP contribution in [0.1, 0.15) is 37.4 Å². The summed E-state index contributed by atoms with van der Waals surface area (Å²) >= 11 is 5.91. The average molecular weight is 402 g/mol. The van der Waals surface area contributed by atoms with Crippen LogP contribution in [0.3, 0.4) is 0 Å². The van der Waals surface area contributed by atoms with Crippen LogP contribution in [-0.4, -0.2) is 36.3 Å². The highest BCUT2D eigenvalue weighted by Crippen LogP contribution is 2.16. The van der Waals surface area contributed by atoms with Gasteiger partial charge in [-0.2, -0.15) is 0 Å². The van der Waals surface area contributed by atoms with E-state index in [1.54, 1.807) is 12.1 Å². The second kappa shape index (κ2) is 10.8. The highest BCUT2D eigenvalue weighted by molar-refractivity contribution is 6.30. The zero-order valence-corrected chi connectivity index (χ0v) is 17.4. The van der Waals surface area contributed by atoms with E-state index in [1.165, 1.54) is 0 Å². The summed E-state index contributed by atoms with van der Waals surface area (Å²) in [6.45, 7) is 6.92. The quantitative estimate of drug-likeness (QED) is 0.662. The largest absolute Gasteiger partial charge is 0.348 e. The molecule has 28 heavy (non-hydrogen) atoms. The Morgan fingerprint density at radius 1 is 1.04 bits per heavy atom. The molecule has 0 heterocycles. The number of benzene rings is 2. The van der Waals surface area contributed by atoms with Gasteiger partial charge < -0.3 is 10.6 Å². The van der Waals surface area contributed by atoms with Gasteiger partial charge in [-0.1, -0.05) is 48.9 Å². The Morgan fingerprint density at radius 3 is 2.32 bits per heavy atom. The molecule has 0 bridgehead atoms. The molecule has 0 aliphatic carbocycles. The Kier molecular flexibility index (Phi) is 8.48. The number of anilines is 1. The van der Waals surface area contributed by atoms with Gasteiger partial charge in [0.1, 0.15) is 0 Å². The van der Waals surface area contributed by atoms with Crippen LogP contribution in [-0.2, 0) is 9.59 Å². The lowest BCUT2D eigenvalue weighted by atomic mass is 10.1. The van der Waals surface area contributed by atoms with Crippen molar-refractivity contribution in [3.63, 3.8) is 0 Å². The minimum Gasteiger partial charge on any atom is -0.348 e. The van der Waals surface area contributed by atoms with Crippen molar-refractivity contribution in [2.75, 3.05) is 25.0 Å². The number of rotatable bonds is 9. The highest BCUT2D eigenvalue weighted by Gasteiger charge is 2.16. The molecule has 150 valence electrons. The Morgan fingerprint density at radius 2 is 1.68 bits per heavy atom. The van der Waals surface area contributed by atoms with Gasteiger partial charge >= 0.3 is 0 Å². The van der Waals surface area contributed by atoms with E-state index in [0.29, 0.717) is 11.6 Å².